The number of carbonyl (C=O) groups is 4. The van der Waals surface area contributed by atoms with Gasteiger partial charge in [0.1, 0.15) is 35.2 Å². The molecule has 1 aromatic carbocycles. The summed E-state index contributed by atoms with van der Waals surface area (Å²) in [5.74, 6) is -0.798. The molecule has 57 heavy (non-hydrogen) atoms. The molecule has 2 saturated carbocycles. The Hall–Kier alpha value is -4.60. The lowest BCUT2D eigenvalue weighted by Gasteiger charge is -2.46. The molecule has 16 heteroatoms. The molecule has 2 aliphatic carbocycles. The summed E-state index contributed by atoms with van der Waals surface area (Å²) in [5.41, 5.74) is -0.112. The van der Waals surface area contributed by atoms with Crippen LogP contribution in [-0.2, 0) is 24.4 Å². The summed E-state index contributed by atoms with van der Waals surface area (Å²) in [6, 6.07) is 3.04. The molecule has 2 aromatic rings. The van der Waals surface area contributed by atoms with Gasteiger partial charge >= 0.3 is 6.03 Å². The van der Waals surface area contributed by atoms with Crippen molar-refractivity contribution in [2.24, 2.45) is 11.3 Å². The van der Waals surface area contributed by atoms with Crippen molar-refractivity contribution in [1.29, 1.82) is 0 Å². The standard InChI is InChI=1S/C41H56N6O9S/c1-24(2)55-34-19-33(29-16-17-32(54-6)25(3)35(29)43-34)56-27-18-31-36(48)44-41(38(50)45-57(52,53)28-14-15-28)20-26(41)12-10-8-7-9-11-13-30(37(49)47(31)21-27)42-39(51)46-22-40(4,5)23-46/h10,12,16-17,19,24,26-28,30-31H,7-9,11,13-15,18,20-23H2,1-6H3,(H,42,51)(H,44,48)(H,45,50)/t26-,27-,30+,31+,41-/m1/s1. The number of methoxy groups -OCH3 is 1. The molecule has 15 nitrogen and oxygen atoms in total. The summed E-state index contributed by atoms with van der Waals surface area (Å²) in [6.45, 7) is 11.0. The van der Waals surface area contributed by atoms with Crippen molar-refractivity contribution in [3.05, 3.63) is 35.9 Å². The SMILES string of the molecule is COc1ccc2c(O[C@@H]3C[C@H]4C(=O)N[C@]5(C(=O)NS(=O)(=O)C6CC6)C[C@H]5C=CCCCCC[C@H](NC(=O)N5CC(C)(C)C5)C(=O)N4C3)cc(OC(C)C)nc2c1C. The van der Waals surface area contributed by atoms with Gasteiger partial charge in [0.05, 0.1) is 30.5 Å². The highest BCUT2D eigenvalue weighted by molar-refractivity contribution is 7.91. The number of likely N-dealkylation sites (tertiary alicyclic amines) is 1. The number of nitrogens with one attached hydrogen (secondary N) is 3. The number of aromatic nitrogens is 1. The maximum atomic E-state index is 14.7. The predicted molar refractivity (Wildman–Crippen MR) is 212 cm³/mol. The van der Waals surface area contributed by atoms with Crippen LogP contribution in [0.5, 0.6) is 17.4 Å². The second-order valence-corrected chi connectivity index (χ2v) is 19.4. The normalized spacial score (nSPS) is 27.6. The number of rotatable bonds is 9. The first-order valence-electron chi connectivity index (χ1n) is 20.2. The highest BCUT2D eigenvalue weighted by atomic mass is 32.2. The number of nitrogens with zero attached hydrogens (tertiary/aromatic N) is 3. The van der Waals surface area contributed by atoms with Crippen LogP contribution in [0.15, 0.2) is 30.4 Å². The first-order valence-corrected chi connectivity index (χ1v) is 21.8. The number of benzene rings is 1. The van der Waals surface area contributed by atoms with Gasteiger partial charge in [0.2, 0.25) is 27.7 Å². The van der Waals surface area contributed by atoms with Crippen LogP contribution in [0.3, 0.4) is 0 Å². The zero-order valence-electron chi connectivity index (χ0n) is 33.8. The van der Waals surface area contributed by atoms with E-state index in [1.54, 1.807) is 18.1 Å². The van der Waals surface area contributed by atoms with Crippen LogP contribution in [0, 0.1) is 18.3 Å². The third-order valence-electron chi connectivity index (χ3n) is 11.7. The molecule has 0 bridgehead atoms. The van der Waals surface area contributed by atoms with Crippen LogP contribution in [0.1, 0.15) is 91.0 Å². The molecule has 7 rings (SSSR count). The van der Waals surface area contributed by atoms with Crippen LogP contribution >= 0.6 is 0 Å². The number of carbonyl (C=O) groups excluding carboxylic acids is 4. The van der Waals surface area contributed by atoms with E-state index in [4.69, 9.17) is 19.2 Å². The first-order chi connectivity index (χ1) is 27.0. The van der Waals surface area contributed by atoms with Gasteiger partial charge in [-0.1, -0.05) is 38.8 Å². The molecule has 4 heterocycles. The first kappa shape index (κ1) is 40.6. The number of sulfonamides is 1. The third kappa shape index (κ3) is 8.65. The number of ether oxygens (including phenoxy) is 3. The predicted octanol–water partition coefficient (Wildman–Crippen LogP) is 4.11. The fourth-order valence-corrected chi connectivity index (χ4v) is 9.74. The van der Waals surface area contributed by atoms with Gasteiger partial charge in [0.25, 0.3) is 5.91 Å². The summed E-state index contributed by atoms with van der Waals surface area (Å²) in [4.78, 5) is 64.4. The van der Waals surface area contributed by atoms with Crippen molar-refractivity contribution in [3.8, 4) is 17.4 Å². The molecule has 5 aliphatic rings. The Bertz CT molecular complexity index is 2060. The molecule has 5 atom stereocenters. The van der Waals surface area contributed by atoms with Gasteiger partial charge in [0, 0.05) is 47.9 Å². The minimum Gasteiger partial charge on any atom is -0.496 e. The number of allylic oxidation sites excluding steroid dienone is 1. The number of hydrogen-bond donors (Lipinski definition) is 3. The number of pyridine rings is 1. The van der Waals surface area contributed by atoms with E-state index in [2.05, 4.69) is 29.2 Å². The van der Waals surface area contributed by atoms with Crippen LogP contribution < -0.4 is 29.6 Å². The van der Waals surface area contributed by atoms with E-state index >= 15 is 0 Å². The monoisotopic (exact) mass is 808 g/mol. The van der Waals surface area contributed by atoms with Crippen molar-refractivity contribution < 1.29 is 41.8 Å². The molecule has 1 aromatic heterocycles. The van der Waals surface area contributed by atoms with Crippen LogP contribution in [0.25, 0.3) is 10.9 Å². The second-order valence-electron chi connectivity index (χ2n) is 17.4. The molecule has 3 aliphatic heterocycles. The summed E-state index contributed by atoms with van der Waals surface area (Å²) in [7, 11) is -2.31. The molecule has 310 valence electrons. The molecule has 0 radical (unpaired) electrons. The molecular weight excluding hydrogens is 753 g/mol. The maximum Gasteiger partial charge on any atom is 0.318 e. The Balaban J connectivity index is 1.21. The third-order valence-corrected chi connectivity index (χ3v) is 13.5. The molecule has 0 unspecified atom stereocenters. The van der Waals surface area contributed by atoms with E-state index in [0.29, 0.717) is 73.5 Å². The van der Waals surface area contributed by atoms with E-state index in [0.717, 1.165) is 18.4 Å². The van der Waals surface area contributed by atoms with E-state index in [1.165, 1.54) is 4.90 Å². The van der Waals surface area contributed by atoms with E-state index < -0.39 is 62.6 Å². The average Bonchev–Trinajstić information content (AvgIpc) is 4.06. The van der Waals surface area contributed by atoms with Crippen molar-refractivity contribution in [2.75, 3.05) is 26.7 Å². The van der Waals surface area contributed by atoms with Gasteiger partial charge in [-0.2, -0.15) is 0 Å². The molecule has 4 fully saturated rings. The Morgan fingerprint density at radius 1 is 1.05 bits per heavy atom. The fourth-order valence-electron chi connectivity index (χ4n) is 8.38. The summed E-state index contributed by atoms with van der Waals surface area (Å²) < 4.78 is 46.3. The second kappa shape index (κ2) is 15.6. The van der Waals surface area contributed by atoms with Gasteiger partial charge < -0.3 is 34.6 Å². The van der Waals surface area contributed by atoms with Gasteiger partial charge in [-0.3, -0.25) is 19.1 Å². The summed E-state index contributed by atoms with van der Waals surface area (Å²) in [6.07, 6.45) is 7.59. The Morgan fingerprint density at radius 3 is 2.49 bits per heavy atom. The molecular formula is C41H56N6O9S. The molecule has 2 saturated heterocycles. The topological polar surface area (TPSA) is 186 Å². The Morgan fingerprint density at radius 2 is 1.81 bits per heavy atom. The lowest BCUT2D eigenvalue weighted by atomic mass is 9.85. The van der Waals surface area contributed by atoms with Crippen molar-refractivity contribution in [1.82, 2.24) is 30.1 Å². The number of hydrogen-bond acceptors (Lipinski definition) is 10. The van der Waals surface area contributed by atoms with Crippen molar-refractivity contribution >= 4 is 44.7 Å². The largest absolute Gasteiger partial charge is 0.496 e. The number of amides is 5. The minimum atomic E-state index is -3.89. The van der Waals surface area contributed by atoms with Gasteiger partial charge in [0.15, 0.2) is 0 Å². The maximum absolute atomic E-state index is 14.7. The van der Waals surface area contributed by atoms with Gasteiger partial charge in [-0.25, -0.2) is 18.2 Å². The van der Waals surface area contributed by atoms with E-state index in [9.17, 15) is 27.6 Å². The van der Waals surface area contributed by atoms with E-state index in [-0.39, 0.29) is 36.9 Å². The smallest absolute Gasteiger partial charge is 0.318 e. The number of fused-ring (bicyclic) bond motifs is 3. The zero-order chi connectivity index (χ0) is 40.9. The minimum absolute atomic E-state index is 0.0119. The van der Waals surface area contributed by atoms with Crippen LogP contribution in [0.4, 0.5) is 4.79 Å². The average molecular weight is 809 g/mol. The van der Waals surface area contributed by atoms with Crippen LogP contribution in [0.2, 0.25) is 0 Å². The number of aryl methyl sites for hydroxylation is 1. The van der Waals surface area contributed by atoms with Crippen LogP contribution in [-0.4, -0.2) is 109 Å². The fraction of sp³-hybridized carbons (Fsp3) is 0.634. The molecule has 3 N–H and O–H groups in total. The van der Waals surface area contributed by atoms with E-state index in [1.807, 2.05) is 45.1 Å². The van der Waals surface area contributed by atoms with Gasteiger partial charge in [-0.05, 0) is 71.4 Å². The molecule has 0 spiro atoms. The molecule has 5 amide bonds. The highest BCUT2D eigenvalue weighted by Crippen LogP contribution is 2.46. The summed E-state index contributed by atoms with van der Waals surface area (Å²) in [5, 5.41) is 5.97. The van der Waals surface area contributed by atoms with Crippen molar-refractivity contribution in [2.45, 2.75) is 127 Å². The lowest BCUT2D eigenvalue weighted by molar-refractivity contribution is -0.141. The highest BCUT2D eigenvalue weighted by Gasteiger charge is 2.62. The number of urea groups is 1. The van der Waals surface area contributed by atoms with Crippen molar-refractivity contribution in [3.63, 3.8) is 0 Å². The quantitative estimate of drug-likeness (QED) is 0.312. The van der Waals surface area contributed by atoms with Gasteiger partial charge in [-0.15, -0.1) is 0 Å². The zero-order valence-corrected chi connectivity index (χ0v) is 34.6. The lowest BCUT2D eigenvalue weighted by Crippen LogP contribution is -2.62. The summed E-state index contributed by atoms with van der Waals surface area (Å²) >= 11 is 0. The Kier molecular flexibility index (Phi) is 11.1. The Labute approximate surface area is 334 Å².